The molecular weight excluding hydrogens is 1320 g/mol. The van der Waals surface area contributed by atoms with Crippen LogP contribution in [0.2, 0.25) is 10.0 Å². The lowest BCUT2D eigenvalue weighted by molar-refractivity contribution is -0.125. The highest BCUT2D eigenvalue weighted by molar-refractivity contribution is 6.30. The number of hydrogen-bond donors (Lipinski definition) is 4. The Labute approximate surface area is 592 Å². The van der Waals surface area contributed by atoms with Gasteiger partial charge in [-0.1, -0.05) is 99.4 Å². The van der Waals surface area contributed by atoms with Gasteiger partial charge in [-0.05, 0) is 116 Å². The summed E-state index contributed by atoms with van der Waals surface area (Å²) < 4.78 is 8.17. The fourth-order valence-corrected chi connectivity index (χ4v) is 10.8. The van der Waals surface area contributed by atoms with E-state index < -0.39 is 5.97 Å². The Morgan fingerprint density at radius 2 is 0.990 bits per heavy atom. The number of halogens is 2. The molecule has 1 unspecified atom stereocenters. The van der Waals surface area contributed by atoms with E-state index in [1.807, 2.05) is 77.4 Å². The molecule has 0 spiro atoms. The first kappa shape index (κ1) is 75.4. The van der Waals surface area contributed by atoms with E-state index in [-0.39, 0.29) is 29.3 Å². The summed E-state index contributed by atoms with van der Waals surface area (Å²) in [6, 6.07) is 32.7. The largest absolute Gasteiger partial charge is 0.477 e. The van der Waals surface area contributed by atoms with E-state index in [4.69, 9.17) is 38.8 Å². The van der Waals surface area contributed by atoms with Crippen LogP contribution >= 0.6 is 23.2 Å². The Hall–Kier alpha value is -10.4. The lowest BCUT2D eigenvalue weighted by atomic mass is 10.1. The smallest absolute Gasteiger partial charge is 0.354 e. The molecule has 0 aliphatic carbocycles. The highest BCUT2D eigenvalue weighted by Gasteiger charge is 2.22. The molecule has 0 radical (unpaired) electrons. The number of carboxylic acid groups (broad SMARTS) is 1. The number of imidazole rings is 2. The highest BCUT2D eigenvalue weighted by atomic mass is 35.5. The normalized spacial score (nSPS) is 15.2. The molecule has 0 saturated carbocycles. The van der Waals surface area contributed by atoms with Gasteiger partial charge in [-0.3, -0.25) is 73.1 Å². The number of ether oxygens (including phenoxy) is 1. The summed E-state index contributed by atoms with van der Waals surface area (Å²) in [5.74, 6) is -0.424. The fourth-order valence-electron chi connectivity index (χ4n) is 10.5. The fraction of sp³-hybridized carbons (Fsp3) is 0.366. The van der Waals surface area contributed by atoms with Crippen molar-refractivity contribution in [3.63, 3.8) is 0 Å². The maximum absolute atomic E-state index is 12.9. The topological polar surface area (TPSA) is 297 Å². The number of amides is 4. The number of nitrogens with one attached hydrogen (secondary N) is 2. The van der Waals surface area contributed by atoms with Crippen molar-refractivity contribution in [1.82, 2.24) is 54.2 Å². The van der Waals surface area contributed by atoms with Crippen LogP contribution in [0.25, 0.3) is 11.6 Å². The molecule has 1 fully saturated rings. The minimum absolute atomic E-state index is 0.0203. The zero-order chi connectivity index (χ0) is 71.7. The van der Waals surface area contributed by atoms with Crippen LogP contribution in [0.1, 0.15) is 123 Å². The van der Waals surface area contributed by atoms with E-state index in [1.54, 1.807) is 57.6 Å². The molecule has 29 heteroatoms. The van der Waals surface area contributed by atoms with Crippen LogP contribution in [0.15, 0.2) is 142 Å². The first-order valence-electron chi connectivity index (χ1n) is 33.3. The molecule has 9 heterocycles. The summed E-state index contributed by atoms with van der Waals surface area (Å²) in [6.07, 6.45) is 18.9. The Morgan fingerprint density at radius 3 is 1.33 bits per heavy atom. The number of nitrogens with zero attached hydrogens (tertiary/aromatic N) is 17. The number of aromatic nitrogens is 6. The predicted molar refractivity (Wildman–Crippen MR) is 393 cm³/mol. The Morgan fingerprint density at radius 1 is 0.570 bits per heavy atom. The van der Waals surface area contributed by atoms with E-state index in [2.05, 4.69) is 125 Å². The molecule has 5 N–H and O–H groups in total. The van der Waals surface area contributed by atoms with Crippen LogP contribution in [0.3, 0.4) is 0 Å². The second-order valence-corrected chi connectivity index (χ2v) is 24.2. The van der Waals surface area contributed by atoms with Gasteiger partial charge in [0.15, 0.2) is 5.69 Å². The summed E-state index contributed by atoms with van der Waals surface area (Å²) in [6.45, 7) is 22.5. The molecule has 1 saturated heterocycles. The van der Waals surface area contributed by atoms with Gasteiger partial charge in [0.05, 0.1) is 95.4 Å². The van der Waals surface area contributed by atoms with Gasteiger partial charge in [0.1, 0.15) is 31.0 Å². The molecule has 528 valence electrons. The number of carboxylic acids is 1. The monoisotopic (exact) mass is 1400 g/mol. The van der Waals surface area contributed by atoms with Crippen molar-refractivity contribution in [1.29, 1.82) is 0 Å². The third-order valence-corrected chi connectivity index (χ3v) is 16.8. The van der Waals surface area contributed by atoms with E-state index in [1.165, 1.54) is 66.5 Å². The van der Waals surface area contributed by atoms with Crippen molar-refractivity contribution in [3.05, 3.63) is 177 Å². The molecular formula is C71H88Cl2N20O7. The molecule has 27 nitrogen and oxygen atoms in total. The first-order chi connectivity index (χ1) is 48.3. The van der Waals surface area contributed by atoms with Gasteiger partial charge in [0, 0.05) is 72.5 Å². The van der Waals surface area contributed by atoms with Gasteiger partial charge in [-0.25, -0.2) is 24.7 Å². The average Bonchev–Trinajstić information content (AvgIpc) is 1.64. The molecule has 4 aromatic heterocycles. The van der Waals surface area contributed by atoms with Gasteiger partial charge in [0.2, 0.25) is 29.3 Å². The molecule has 0 bridgehead atoms. The summed E-state index contributed by atoms with van der Waals surface area (Å²) in [7, 11) is 0. The van der Waals surface area contributed by atoms with E-state index in [9.17, 15) is 24.0 Å². The van der Waals surface area contributed by atoms with Crippen molar-refractivity contribution < 1.29 is 33.8 Å². The molecule has 4 aromatic carbocycles. The van der Waals surface area contributed by atoms with Crippen LogP contribution < -0.4 is 36.5 Å². The van der Waals surface area contributed by atoms with Crippen LogP contribution in [0.4, 0.5) is 22.7 Å². The number of hydrazine groups is 1. The Kier molecular flexibility index (Phi) is 28.3. The standard InChI is InChI=1S/C21H22ClN7O2.C13H17N3O.C12H16N4O.C11H15N3.C9H8ClN3O2.C5H10O/c1-3-18-19(28-12-16(22)11-24-21(28)26-18)20(31)23-10-15-4-6-17(7-5-15)29-9-8-27(13-25-29)14(2)30;1-3-12-4-6-13(7-5-12)16-9-8-15(10-14-16)11(2)17;1-10(17)15-6-7-16(14-9-15)12-4-2-11(8-13)3-5-12;1-2-10-3-5-11(6-4-10)14-8-7-12-9-13-14;1-2-6-7(8(14)15)13-4-5(10)3-11-9(13)12-6;1-5-3-2-4-6-5/h4-7,11-13H,3,8-10H2,1-2H3,(H,23,31);4-7,10H,3,8-9H2,1-2H3;2-5,9H,6-8,13H2,1H3;3-6,9H,2,7-8H2,1H3,(H,12,13);3-4H,2H2,1H3,(H,14,15);5H,2-4H2,1H3. The lowest BCUT2D eigenvalue weighted by Crippen LogP contribution is -2.42. The number of rotatable bonds is 13. The van der Waals surface area contributed by atoms with Gasteiger partial charge in [-0.2, -0.15) is 15.3 Å². The van der Waals surface area contributed by atoms with Crippen molar-refractivity contribution >= 4 is 112 Å². The number of anilines is 4. The minimum atomic E-state index is -1.02. The maximum atomic E-state index is 12.9. The minimum Gasteiger partial charge on any atom is -0.477 e. The number of benzene rings is 4. The van der Waals surface area contributed by atoms with Crippen molar-refractivity contribution in [2.45, 2.75) is 113 Å². The van der Waals surface area contributed by atoms with Gasteiger partial charge in [0.25, 0.3) is 5.91 Å². The van der Waals surface area contributed by atoms with Crippen LogP contribution in [0.5, 0.6) is 0 Å². The molecule has 100 heavy (non-hydrogen) atoms. The first-order valence-corrected chi connectivity index (χ1v) is 34.1. The number of aromatic carboxylic acids is 1. The van der Waals surface area contributed by atoms with E-state index >= 15 is 0 Å². The summed E-state index contributed by atoms with van der Waals surface area (Å²) in [4.78, 5) is 83.1. The molecule has 8 aromatic rings. The van der Waals surface area contributed by atoms with Crippen LogP contribution in [-0.2, 0) is 57.9 Å². The van der Waals surface area contributed by atoms with Gasteiger partial charge in [-0.15, -0.1) is 0 Å². The number of fused-ring (bicyclic) bond motifs is 2. The predicted octanol–water partition coefficient (Wildman–Crippen LogP) is 9.54. The van der Waals surface area contributed by atoms with Gasteiger partial charge >= 0.3 is 5.97 Å². The van der Waals surface area contributed by atoms with Crippen LogP contribution in [-0.4, -0.2) is 169 Å². The molecule has 4 amide bonds. The van der Waals surface area contributed by atoms with Crippen molar-refractivity contribution in [2.24, 2.45) is 26.0 Å². The third-order valence-electron chi connectivity index (χ3n) is 16.4. The summed E-state index contributed by atoms with van der Waals surface area (Å²) in [5, 5.41) is 33.4. The van der Waals surface area contributed by atoms with E-state index in [0.29, 0.717) is 103 Å². The quantitative estimate of drug-likeness (QED) is 0.0835. The lowest BCUT2D eigenvalue weighted by Gasteiger charge is -2.28. The molecule has 5 aliphatic rings. The number of aliphatic imine (C=N–C) groups is 1. The number of carbonyl (C=O) groups is 5. The Balaban J connectivity index is 0.000000161. The molecule has 1 atom stereocenters. The zero-order valence-corrected chi connectivity index (χ0v) is 59.3. The average molecular weight is 1400 g/mol. The summed E-state index contributed by atoms with van der Waals surface area (Å²) in [5.41, 5.74) is 19.4. The number of hydrazone groups is 3. The van der Waals surface area contributed by atoms with Gasteiger partial charge < -0.3 is 20.9 Å². The molecule has 13 rings (SSSR count). The third kappa shape index (κ3) is 21.3. The summed E-state index contributed by atoms with van der Waals surface area (Å²) >= 11 is 11.8. The van der Waals surface area contributed by atoms with Crippen LogP contribution in [0, 0.1) is 0 Å². The maximum Gasteiger partial charge on any atom is 0.354 e. The number of carbonyl (C=O) groups excluding carboxylic acids is 4. The second-order valence-electron chi connectivity index (χ2n) is 23.3. The highest BCUT2D eigenvalue weighted by Crippen LogP contribution is 2.23. The van der Waals surface area contributed by atoms with Crippen molar-refractivity contribution in [3.8, 4) is 0 Å². The second kappa shape index (κ2) is 37.6. The van der Waals surface area contributed by atoms with E-state index in [0.717, 1.165) is 67.3 Å². The van der Waals surface area contributed by atoms with Crippen molar-refractivity contribution in [2.75, 3.05) is 79.0 Å². The number of aryl methyl sites for hydroxylation is 4. The molecule has 5 aliphatic heterocycles. The SMILES string of the molecule is CC(=O)N1C=NN(c2ccc(CN)cc2)CC1.CC1CCCO1.CCc1ccc(N2CCN(C(C)=O)C=N2)cc1.CCc1ccc(N2CCN=CN2)cc1.CCc1nc2ncc(Cl)cn2c1C(=O)NCc1ccc(N2CCN(C(C)=O)C=N2)cc1.CCc1nc2ncc(Cl)cn2c1C(=O)O. The number of hydrogen-bond acceptors (Lipinski definition) is 20. The zero-order valence-electron chi connectivity index (χ0n) is 57.8. The number of nitrogens with two attached hydrogens (primary N) is 1. The Bertz CT molecular complexity index is 4060.